The number of benzene rings is 1. The number of rotatable bonds is 8. The van der Waals surface area contributed by atoms with Crippen molar-refractivity contribution in [2.75, 3.05) is 14.2 Å². The highest BCUT2D eigenvalue weighted by molar-refractivity contribution is 6.67. The Morgan fingerprint density at radius 2 is 1.58 bits per heavy atom. The maximum absolute atomic E-state index is 13.0. The molecule has 0 amide bonds. The fraction of sp³-hybridized carbons (Fsp3) is 0.571. The van der Waals surface area contributed by atoms with Crippen LogP contribution in [0.15, 0.2) is 18.2 Å². The van der Waals surface area contributed by atoms with Crippen molar-refractivity contribution >= 4 is 8.56 Å². The Kier molecular flexibility index (Phi) is 6.61. The second-order valence-electron chi connectivity index (χ2n) is 4.66. The lowest BCUT2D eigenvalue weighted by molar-refractivity contribution is 0.241. The first-order chi connectivity index (χ1) is 9.05. The minimum Gasteiger partial charge on any atom is -0.398 e. The van der Waals surface area contributed by atoms with E-state index in [-0.39, 0.29) is 0 Å². The van der Waals surface area contributed by atoms with Crippen LogP contribution in [0.25, 0.3) is 0 Å². The van der Waals surface area contributed by atoms with Crippen LogP contribution in [0.3, 0.4) is 0 Å². The summed E-state index contributed by atoms with van der Waals surface area (Å²) >= 11 is 0. The molecule has 0 heterocycles. The topological polar surface area (TPSA) is 18.5 Å². The van der Waals surface area contributed by atoms with Crippen LogP contribution in [0.1, 0.15) is 25.3 Å². The van der Waals surface area contributed by atoms with E-state index in [9.17, 15) is 8.78 Å². The molecule has 1 aromatic carbocycles. The van der Waals surface area contributed by atoms with Crippen molar-refractivity contribution in [2.24, 2.45) is 0 Å². The average molecular weight is 288 g/mol. The zero-order valence-electron chi connectivity index (χ0n) is 11.8. The minimum atomic E-state index is -2.03. The van der Waals surface area contributed by atoms with Crippen LogP contribution in [-0.2, 0) is 15.3 Å². The summed E-state index contributed by atoms with van der Waals surface area (Å²) in [5, 5.41) is 0. The van der Waals surface area contributed by atoms with E-state index in [0.717, 1.165) is 31.0 Å². The molecule has 0 atom stereocenters. The van der Waals surface area contributed by atoms with Gasteiger partial charge < -0.3 is 8.85 Å². The Morgan fingerprint density at radius 1 is 1.00 bits per heavy atom. The molecular formula is C14H22F2O2Si. The molecule has 0 aliphatic carbocycles. The monoisotopic (exact) mass is 288 g/mol. The molecule has 5 heteroatoms. The van der Waals surface area contributed by atoms with Crippen LogP contribution in [0.5, 0.6) is 0 Å². The summed E-state index contributed by atoms with van der Waals surface area (Å²) in [5.74, 6) is -1.03. The minimum absolute atomic E-state index is 0.513. The highest BCUT2D eigenvalue weighted by Gasteiger charge is 2.32. The van der Waals surface area contributed by atoms with Crippen molar-refractivity contribution in [1.29, 1.82) is 0 Å². The Labute approximate surface area is 115 Å². The third kappa shape index (κ3) is 5.01. The third-order valence-corrected chi connectivity index (χ3v) is 7.16. The van der Waals surface area contributed by atoms with Crippen LogP contribution < -0.4 is 0 Å². The number of hydrogen-bond donors (Lipinski definition) is 0. The SMILES string of the molecule is CC[Si](CCCCc1cc(F)cc(F)c1)(OC)OC. The maximum atomic E-state index is 13.0. The van der Waals surface area contributed by atoms with Crippen molar-refractivity contribution in [3.05, 3.63) is 35.4 Å². The van der Waals surface area contributed by atoms with E-state index in [0.29, 0.717) is 12.0 Å². The average Bonchev–Trinajstić information content (AvgIpc) is 2.39. The van der Waals surface area contributed by atoms with Crippen LogP contribution in [0.2, 0.25) is 12.1 Å². The summed E-state index contributed by atoms with van der Waals surface area (Å²) in [6.07, 6.45) is 2.50. The third-order valence-electron chi connectivity index (χ3n) is 3.48. The fourth-order valence-corrected chi connectivity index (χ4v) is 4.53. The second kappa shape index (κ2) is 7.72. The molecule has 0 bridgehead atoms. The maximum Gasteiger partial charge on any atom is 0.337 e. The number of unbranched alkanes of at least 4 members (excludes halogenated alkanes) is 1. The molecule has 0 aliphatic rings. The molecule has 2 nitrogen and oxygen atoms in total. The normalized spacial score (nSPS) is 11.8. The van der Waals surface area contributed by atoms with E-state index >= 15 is 0 Å². The summed E-state index contributed by atoms with van der Waals surface area (Å²) in [6.45, 7) is 2.07. The number of aryl methyl sites for hydroxylation is 1. The molecule has 108 valence electrons. The lowest BCUT2D eigenvalue weighted by Crippen LogP contribution is -2.38. The predicted octanol–water partition coefficient (Wildman–Crippen LogP) is 4.04. The lowest BCUT2D eigenvalue weighted by atomic mass is 10.1. The highest BCUT2D eigenvalue weighted by Crippen LogP contribution is 2.21. The molecule has 0 aliphatic heterocycles. The van der Waals surface area contributed by atoms with Crippen molar-refractivity contribution in [3.8, 4) is 0 Å². The molecule has 1 rings (SSSR count). The van der Waals surface area contributed by atoms with Crippen LogP contribution in [0, 0.1) is 11.6 Å². The van der Waals surface area contributed by atoms with E-state index in [1.165, 1.54) is 12.1 Å². The van der Waals surface area contributed by atoms with Crippen molar-refractivity contribution in [2.45, 2.75) is 38.3 Å². The van der Waals surface area contributed by atoms with Gasteiger partial charge in [-0.2, -0.15) is 0 Å². The molecule has 0 aromatic heterocycles. The molecule has 0 fully saturated rings. The zero-order chi connectivity index (χ0) is 14.3. The molecule has 19 heavy (non-hydrogen) atoms. The Bertz CT molecular complexity index is 367. The highest BCUT2D eigenvalue weighted by atomic mass is 28.4. The van der Waals surface area contributed by atoms with Crippen molar-refractivity contribution < 1.29 is 17.6 Å². The van der Waals surface area contributed by atoms with Gasteiger partial charge in [0.05, 0.1) is 0 Å². The first kappa shape index (κ1) is 16.3. The summed E-state index contributed by atoms with van der Waals surface area (Å²) in [5.41, 5.74) is 0.705. The van der Waals surface area contributed by atoms with Crippen molar-refractivity contribution in [3.63, 3.8) is 0 Å². The van der Waals surface area contributed by atoms with E-state index in [2.05, 4.69) is 6.92 Å². The molecule has 0 N–H and O–H groups in total. The van der Waals surface area contributed by atoms with Gasteiger partial charge in [-0.1, -0.05) is 13.3 Å². The van der Waals surface area contributed by atoms with Gasteiger partial charge in [0.2, 0.25) is 0 Å². The Hall–Kier alpha value is -0.783. The van der Waals surface area contributed by atoms with E-state index < -0.39 is 20.2 Å². The summed E-state index contributed by atoms with van der Waals surface area (Å²) in [4.78, 5) is 0. The molecule has 0 saturated heterocycles. The molecule has 0 spiro atoms. The van der Waals surface area contributed by atoms with Crippen LogP contribution >= 0.6 is 0 Å². The van der Waals surface area contributed by atoms with Gasteiger partial charge in [-0.05, 0) is 42.6 Å². The standard InChI is InChI=1S/C14H22F2O2Si/c1-4-19(17-2,18-3)8-6-5-7-12-9-13(15)11-14(16)10-12/h9-11H,4-8H2,1-3H3. The molecular weight excluding hydrogens is 266 g/mol. The van der Waals surface area contributed by atoms with Gasteiger partial charge in [-0.3, -0.25) is 0 Å². The van der Waals surface area contributed by atoms with E-state index in [4.69, 9.17) is 8.85 Å². The van der Waals surface area contributed by atoms with Gasteiger partial charge in [-0.25, -0.2) is 8.78 Å². The predicted molar refractivity (Wildman–Crippen MR) is 74.4 cm³/mol. The molecule has 0 unspecified atom stereocenters. The fourth-order valence-electron chi connectivity index (χ4n) is 2.23. The van der Waals surface area contributed by atoms with E-state index in [1.54, 1.807) is 14.2 Å². The van der Waals surface area contributed by atoms with E-state index in [1.807, 2.05) is 0 Å². The smallest absolute Gasteiger partial charge is 0.337 e. The zero-order valence-corrected chi connectivity index (χ0v) is 12.8. The number of hydrogen-bond acceptors (Lipinski definition) is 2. The molecule has 0 saturated carbocycles. The quantitative estimate of drug-likeness (QED) is 0.531. The first-order valence-electron chi connectivity index (χ1n) is 6.60. The number of halogens is 2. The summed E-state index contributed by atoms with van der Waals surface area (Å²) < 4.78 is 37.1. The second-order valence-corrected chi connectivity index (χ2v) is 8.50. The van der Waals surface area contributed by atoms with Gasteiger partial charge in [0, 0.05) is 20.3 Å². The lowest BCUT2D eigenvalue weighted by Gasteiger charge is -2.25. The Morgan fingerprint density at radius 3 is 2.05 bits per heavy atom. The first-order valence-corrected chi connectivity index (χ1v) is 8.83. The van der Waals surface area contributed by atoms with Gasteiger partial charge in [0.25, 0.3) is 0 Å². The van der Waals surface area contributed by atoms with Crippen LogP contribution in [0.4, 0.5) is 8.78 Å². The largest absolute Gasteiger partial charge is 0.398 e. The van der Waals surface area contributed by atoms with Crippen molar-refractivity contribution in [1.82, 2.24) is 0 Å². The molecule has 1 aromatic rings. The van der Waals surface area contributed by atoms with Gasteiger partial charge >= 0.3 is 8.56 Å². The molecule has 0 radical (unpaired) electrons. The van der Waals surface area contributed by atoms with Gasteiger partial charge in [-0.15, -0.1) is 0 Å². The van der Waals surface area contributed by atoms with Gasteiger partial charge in [0.1, 0.15) is 11.6 Å². The van der Waals surface area contributed by atoms with Crippen LogP contribution in [-0.4, -0.2) is 22.8 Å². The summed E-state index contributed by atoms with van der Waals surface area (Å²) in [6, 6.07) is 5.50. The van der Waals surface area contributed by atoms with Gasteiger partial charge in [0.15, 0.2) is 0 Å². The summed E-state index contributed by atoms with van der Waals surface area (Å²) in [7, 11) is 1.37. The Balaban J connectivity index is 2.42.